The van der Waals surface area contributed by atoms with Crippen LogP contribution in [0.25, 0.3) is 0 Å². The van der Waals surface area contributed by atoms with Crippen LogP contribution in [0.1, 0.15) is 32.1 Å². The molecule has 2 aliphatic heterocycles. The topological polar surface area (TPSA) is 6.48 Å². The standard InChI is InChI=1S/C11H20N2S2/c14-11(15)13-8-4-5-10(9-13)12-6-2-1-3-7-12/h10H,1-9H2,(H,14,15). The van der Waals surface area contributed by atoms with Gasteiger partial charge in [0.15, 0.2) is 0 Å². The van der Waals surface area contributed by atoms with Crippen LogP contribution in [-0.4, -0.2) is 46.3 Å². The van der Waals surface area contributed by atoms with E-state index in [0.717, 1.165) is 23.5 Å². The highest BCUT2D eigenvalue weighted by Gasteiger charge is 2.26. The molecule has 2 heterocycles. The van der Waals surface area contributed by atoms with Gasteiger partial charge in [-0.05, 0) is 38.8 Å². The van der Waals surface area contributed by atoms with E-state index in [2.05, 4.69) is 22.4 Å². The zero-order valence-electron chi connectivity index (χ0n) is 9.19. The Hall–Kier alpha value is 0.200. The summed E-state index contributed by atoms with van der Waals surface area (Å²) in [7, 11) is 0. The Kier molecular flexibility index (Phi) is 4.29. The number of hydrogen-bond acceptors (Lipinski definition) is 2. The van der Waals surface area contributed by atoms with Crippen molar-refractivity contribution in [3.05, 3.63) is 0 Å². The van der Waals surface area contributed by atoms with Crippen molar-refractivity contribution in [3.63, 3.8) is 0 Å². The summed E-state index contributed by atoms with van der Waals surface area (Å²) in [5.41, 5.74) is 0. The van der Waals surface area contributed by atoms with Gasteiger partial charge < -0.3 is 4.90 Å². The van der Waals surface area contributed by atoms with Gasteiger partial charge in [0.25, 0.3) is 0 Å². The van der Waals surface area contributed by atoms with Crippen molar-refractivity contribution >= 4 is 29.2 Å². The molecule has 0 N–H and O–H groups in total. The number of thiocarbonyl (C=S) groups is 1. The minimum Gasteiger partial charge on any atom is -0.356 e. The Balaban J connectivity index is 1.88. The van der Waals surface area contributed by atoms with Crippen molar-refractivity contribution in [1.29, 1.82) is 0 Å². The predicted octanol–water partition coefficient (Wildman–Crippen LogP) is 2.15. The molecule has 0 aliphatic carbocycles. The van der Waals surface area contributed by atoms with E-state index in [1.54, 1.807) is 0 Å². The lowest BCUT2D eigenvalue weighted by Crippen LogP contribution is -2.50. The van der Waals surface area contributed by atoms with Crippen LogP contribution in [0.2, 0.25) is 0 Å². The summed E-state index contributed by atoms with van der Waals surface area (Å²) in [5, 5.41) is 0. The van der Waals surface area contributed by atoms with Crippen LogP contribution in [0.4, 0.5) is 0 Å². The van der Waals surface area contributed by atoms with Gasteiger partial charge in [-0.15, -0.1) is 12.6 Å². The van der Waals surface area contributed by atoms with Gasteiger partial charge in [-0.25, -0.2) is 0 Å². The number of rotatable bonds is 1. The highest BCUT2D eigenvalue weighted by molar-refractivity contribution is 8.10. The number of nitrogens with zero attached hydrogens (tertiary/aromatic N) is 2. The first-order valence-corrected chi connectivity index (χ1v) is 6.85. The van der Waals surface area contributed by atoms with Crippen LogP contribution in [0, 0.1) is 0 Å². The van der Waals surface area contributed by atoms with Crippen LogP contribution in [0.3, 0.4) is 0 Å². The lowest BCUT2D eigenvalue weighted by Gasteiger charge is -2.41. The first-order valence-electron chi connectivity index (χ1n) is 5.99. The van der Waals surface area contributed by atoms with Gasteiger partial charge in [-0.1, -0.05) is 18.6 Å². The van der Waals surface area contributed by atoms with Crippen molar-refractivity contribution in [2.45, 2.75) is 38.1 Å². The monoisotopic (exact) mass is 244 g/mol. The van der Waals surface area contributed by atoms with Gasteiger partial charge >= 0.3 is 0 Å². The molecule has 1 atom stereocenters. The first-order chi connectivity index (χ1) is 7.27. The van der Waals surface area contributed by atoms with E-state index in [4.69, 9.17) is 12.2 Å². The summed E-state index contributed by atoms with van der Waals surface area (Å²) in [6.45, 7) is 4.78. The van der Waals surface area contributed by atoms with Crippen molar-refractivity contribution in [2.24, 2.45) is 0 Å². The van der Waals surface area contributed by atoms with Gasteiger partial charge in [0.2, 0.25) is 0 Å². The van der Waals surface area contributed by atoms with E-state index in [9.17, 15) is 0 Å². The fourth-order valence-corrected chi connectivity index (χ4v) is 3.06. The van der Waals surface area contributed by atoms with Crippen molar-refractivity contribution in [3.8, 4) is 0 Å². The second kappa shape index (κ2) is 5.51. The molecular weight excluding hydrogens is 224 g/mol. The van der Waals surface area contributed by atoms with Crippen LogP contribution in [0.5, 0.6) is 0 Å². The largest absolute Gasteiger partial charge is 0.356 e. The minimum absolute atomic E-state index is 0.726. The number of piperidine rings is 2. The van der Waals surface area contributed by atoms with E-state index >= 15 is 0 Å². The zero-order chi connectivity index (χ0) is 10.7. The Morgan fingerprint density at radius 3 is 2.47 bits per heavy atom. The molecule has 1 unspecified atom stereocenters. The fraction of sp³-hybridized carbons (Fsp3) is 0.909. The molecule has 15 heavy (non-hydrogen) atoms. The molecule has 0 aromatic rings. The Morgan fingerprint density at radius 1 is 1.07 bits per heavy atom. The summed E-state index contributed by atoms with van der Waals surface area (Å²) in [5.74, 6) is 0. The molecule has 2 saturated heterocycles. The fourth-order valence-electron chi connectivity index (χ4n) is 2.71. The summed E-state index contributed by atoms with van der Waals surface area (Å²) in [6.07, 6.45) is 6.77. The summed E-state index contributed by atoms with van der Waals surface area (Å²) < 4.78 is 0.775. The third kappa shape index (κ3) is 3.08. The van der Waals surface area contributed by atoms with E-state index < -0.39 is 0 Å². The summed E-state index contributed by atoms with van der Waals surface area (Å²) >= 11 is 9.43. The van der Waals surface area contributed by atoms with E-state index in [-0.39, 0.29) is 0 Å². The highest BCUT2D eigenvalue weighted by atomic mass is 32.1. The average Bonchev–Trinajstić information content (AvgIpc) is 2.30. The average molecular weight is 244 g/mol. The summed E-state index contributed by atoms with van der Waals surface area (Å²) in [4.78, 5) is 4.91. The molecule has 0 amide bonds. The van der Waals surface area contributed by atoms with Gasteiger partial charge in [0.05, 0.1) is 0 Å². The number of likely N-dealkylation sites (tertiary alicyclic amines) is 2. The summed E-state index contributed by atoms with van der Waals surface area (Å²) in [6, 6.07) is 0.726. The van der Waals surface area contributed by atoms with Gasteiger partial charge in [0.1, 0.15) is 4.32 Å². The first kappa shape index (κ1) is 11.7. The molecule has 2 fully saturated rings. The third-order valence-corrected chi connectivity index (χ3v) is 4.12. The maximum absolute atomic E-state index is 5.14. The molecule has 0 aromatic carbocycles. The molecule has 4 heteroatoms. The van der Waals surface area contributed by atoms with Crippen molar-refractivity contribution in [2.75, 3.05) is 26.2 Å². The highest BCUT2D eigenvalue weighted by Crippen LogP contribution is 2.20. The lowest BCUT2D eigenvalue weighted by molar-refractivity contribution is 0.112. The number of hydrogen-bond donors (Lipinski definition) is 1. The maximum atomic E-state index is 5.14. The van der Waals surface area contributed by atoms with E-state index in [0.29, 0.717) is 0 Å². The normalized spacial score (nSPS) is 29.1. The van der Waals surface area contributed by atoms with E-state index in [1.807, 2.05) is 0 Å². The lowest BCUT2D eigenvalue weighted by atomic mass is 10.0. The van der Waals surface area contributed by atoms with Crippen LogP contribution >= 0.6 is 24.8 Å². The predicted molar refractivity (Wildman–Crippen MR) is 71.6 cm³/mol. The van der Waals surface area contributed by atoms with Gasteiger partial charge in [-0.3, -0.25) is 4.90 Å². The minimum atomic E-state index is 0.726. The molecule has 0 saturated carbocycles. The molecule has 0 aromatic heterocycles. The van der Waals surface area contributed by atoms with Gasteiger partial charge in [-0.2, -0.15) is 0 Å². The molecule has 0 radical (unpaired) electrons. The second-order valence-corrected chi connectivity index (χ2v) is 5.73. The molecular formula is C11H20N2S2. The Labute approximate surface area is 103 Å². The Morgan fingerprint density at radius 2 is 1.80 bits per heavy atom. The third-order valence-electron chi connectivity index (χ3n) is 3.57. The quantitative estimate of drug-likeness (QED) is 0.558. The molecule has 0 bridgehead atoms. The van der Waals surface area contributed by atoms with Crippen LogP contribution in [0.15, 0.2) is 0 Å². The molecule has 86 valence electrons. The van der Waals surface area contributed by atoms with E-state index in [1.165, 1.54) is 45.2 Å². The van der Waals surface area contributed by atoms with Crippen molar-refractivity contribution < 1.29 is 0 Å². The Bertz CT molecular complexity index is 227. The second-order valence-electron chi connectivity index (χ2n) is 4.62. The smallest absolute Gasteiger partial charge is 0.133 e. The molecule has 0 spiro atoms. The molecule has 2 rings (SSSR count). The van der Waals surface area contributed by atoms with Crippen molar-refractivity contribution in [1.82, 2.24) is 9.80 Å². The van der Waals surface area contributed by atoms with Crippen LogP contribution < -0.4 is 0 Å². The van der Waals surface area contributed by atoms with Crippen LogP contribution in [-0.2, 0) is 0 Å². The SMILES string of the molecule is S=C(S)N1CCCC(N2CCCCC2)C1. The van der Waals surface area contributed by atoms with Gasteiger partial charge in [0, 0.05) is 19.1 Å². The molecule has 2 nitrogen and oxygen atoms in total. The maximum Gasteiger partial charge on any atom is 0.133 e. The zero-order valence-corrected chi connectivity index (χ0v) is 10.9. The number of thiol groups is 1. The molecule has 2 aliphatic rings.